The Bertz CT molecular complexity index is 1040. The number of pyridine rings is 1. The first-order valence-corrected chi connectivity index (χ1v) is 11.4. The second kappa shape index (κ2) is 13.9. The molecule has 1 aromatic carbocycles. The zero-order chi connectivity index (χ0) is 24.9. The highest BCUT2D eigenvalue weighted by Crippen LogP contribution is 2.15. The van der Waals surface area contributed by atoms with Crippen molar-refractivity contribution in [3.05, 3.63) is 82.8 Å². The third kappa shape index (κ3) is 7.83. The molecule has 0 saturated heterocycles. The number of aliphatic hydroxyl groups excluding tert-OH is 2. The number of hydrogen-bond donors (Lipinski definition) is 4. The smallest absolute Gasteiger partial charge is 0.255 e. The molecule has 0 aliphatic rings. The molecule has 2 aromatic rings. The van der Waals surface area contributed by atoms with Crippen LogP contribution in [-0.2, 0) is 16.1 Å². The SMILES string of the molecule is C/C=C\C=C/CCN(CCC)C(=O)C(O)C(O)C(=O)NCc1ccc(-c2ccc[nH]c2=O)cc1. The molecule has 8 nitrogen and oxygen atoms in total. The van der Waals surface area contributed by atoms with E-state index in [9.17, 15) is 24.6 Å². The lowest BCUT2D eigenvalue weighted by Crippen LogP contribution is -2.51. The molecule has 0 fully saturated rings. The predicted molar refractivity (Wildman–Crippen MR) is 132 cm³/mol. The Hall–Kier alpha value is -3.49. The lowest BCUT2D eigenvalue weighted by Gasteiger charge is -2.26. The van der Waals surface area contributed by atoms with Gasteiger partial charge in [-0.05, 0) is 43.0 Å². The van der Waals surface area contributed by atoms with Crippen molar-refractivity contribution in [3.63, 3.8) is 0 Å². The summed E-state index contributed by atoms with van der Waals surface area (Å²) in [6.45, 7) is 4.70. The van der Waals surface area contributed by atoms with E-state index < -0.39 is 24.0 Å². The standard InChI is InChI=1S/C26H33N3O5/c1-3-5-6-7-8-17-29(16-4-2)26(34)23(31)22(30)25(33)28-18-19-11-13-20(14-12-19)21-10-9-15-27-24(21)32/h3,5-7,9-15,22-23,30-31H,4,8,16-18H2,1-2H3,(H,27,32)(H,28,33)/b5-3-,7-6-. The van der Waals surface area contributed by atoms with E-state index in [4.69, 9.17) is 0 Å². The number of nitrogens with one attached hydrogen (secondary N) is 2. The molecule has 0 saturated carbocycles. The minimum absolute atomic E-state index is 0.0939. The second-order valence-corrected chi connectivity index (χ2v) is 7.79. The van der Waals surface area contributed by atoms with Gasteiger partial charge in [-0.2, -0.15) is 0 Å². The van der Waals surface area contributed by atoms with Gasteiger partial charge in [-0.1, -0.05) is 55.5 Å². The molecule has 34 heavy (non-hydrogen) atoms. The Balaban J connectivity index is 1.92. The maximum atomic E-state index is 12.6. The quantitative estimate of drug-likeness (QED) is 0.356. The molecule has 0 aliphatic heterocycles. The van der Waals surface area contributed by atoms with Crippen LogP contribution in [0.4, 0.5) is 0 Å². The van der Waals surface area contributed by atoms with Crippen LogP contribution < -0.4 is 10.9 Å². The molecule has 4 N–H and O–H groups in total. The van der Waals surface area contributed by atoms with Crippen molar-refractivity contribution in [2.24, 2.45) is 0 Å². The fourth-order valence-electron chi connectivity index (χ4n) is 3.33. The molecule has 2 atom stereocenters. The second-order valence-electron chi connectivity index (χ2n) is 7.79. The highest BCUT2D eigenvalue weighted by molar-refractivity contribution is 5.90. The van der Waals surface area contributed by atoms with E-state index in [1.54, 1.807) is 42.6 Å². The fraction of sp³-hybridized carbons (Fsp3) is 0.346. The first-order chi connectivity index (χ1) is 16.4. The predicted octanol–water partition coefficient (Wildman–Crippen LogP) is 2.14. The van der Waals surface area contributed by atoms with Gasteiger partial charge in [0.1, 0.15) is 0 Å². The maximum absolute atomic E-state index is 12.6. The van der Waals surface area contributed by atoms with E-state index in [2.05, 4.69) is 10.3 Å². The largest absolute Gasteiger partial charge is 0.380 e. The van der Waals surface area contributed by atoms with Crippen LogP contribution in [0.15, 0.2) is 71.7 Å². The van der Waals surface area contributed by atoms with Crippen LogP contribution in [0.2, 0.25) is 0 Å². The van der Waals surface area contributed by atoms with E-state index in [1.807, 2.05) is 38.2 Å². The molecular weight excluding hydrogens is 434 g/mol. The lowest BCUT2D eigenvalue weighted by molar-refractivity contribution is -0.153. The number of hydrogen-bond acceptors (Lipinski definition) is 5. The van der Waals surface area contributed by atoms with Crippen molar-refractivity contribution in [1.29, 1.82) is 0 Å². The van der Waals surface area contributed by atoms with Gasteiger partial charge in [0.05, 0.1) is 0 Å². The number of nitrogens with zero attached hydrogens (tertiary/aromatic N) is 1. The van der Waals surface area contributed by atoms with E-state index >= 15 is 0 Å². The van der Waals surface area contributed by atoms with Gasteiger partial charge >= 0.3 is 0 Å². The summed E-state index contributed by atoms with van der Waals surface area (Å²) < 4.78 is 0. The number of aliphatic hydroxyl groups is 2. The number of aromatic nitrogens is 1. The van der Waals surface area contributed by atoms with E-state index in [0.29, 0.717) is 31.5 Å². The number of rotatable bonds is 12. The molecule has 2 amide bonds. The summed E-state index contributed by atoms with van der Waals surface area (Å²) >= 11 is 0. The van der Waals surface area contributed by atoms with Gasteiger partial charge in [-0.3, -0.25) is 14.4 Å². The van der Waals surface area contributed by atoms with Crippen LogP contribution in [0.3, 0.4) is 0 Å². The molecule has 0 aliphatic carbocycles. The average molecular weight is 468 g/mol. The molecule has 2 rings (SSSR count). The number of allylic oxidation sites excluding steroid dienone is 3. The zero-order valence-corrected chi connectivity index (χ0v) is 19.6. The van der Waals surface area contributed by atoms with Crippen LogP contribution in [0.25, 0.3) is 11.1 Å². The zero-order valence-electron chi connectivity index (χ0n) is 19.6. The van der Waals surface area contributed by atoms with E-state index in [0.717, 1.165) is 11.1 Å². The van der Waals surface area contributed by atoms with Crippen molar-refractivity contribution < 1.29 is 19.8 Å². The number of carbonyl (C=O) groups excluding carboxylic acids is 2. The van der Waals surface area contributed by atoms with Crippen molar-refractivity contribution in [1.82, 2.24) is 15.2 Å². The van der Waals surface area contributed by atoms with Crippen molar-refractivity contribution in [2.45, 2.75) is 45.4 Å². The van der Waals surface area contributed by atoms with Gasteiger partial charge in [0.2, 0.25) is 0 Å². The molecule has 1 aromatic heterocycles. The first kappa shape index (κ1) is 26.8. The molecular formula is C26H33N3O5. The van der Waals surface area contributed by atoms with Gasteiger partial charge < -0.3 is 25.4 Å². The molecule has 8 heteroatoms. The Labute approximate surface area is 199 Å². The van der Waals surface area contributed by atoms with Gasteiger partial charge in [0.25, 0.3) is 17.4 Å². The highest BCUT2D eigenvalue weighted by Gasteiger charge is 2.32. The Morgan fingerprint density at radius 2 is 1.82 bits per heavy atom. The summed E-state index contributed by atoms with van der Waals surface area (Å²) in [5.74, 6) is -1.52. The summed E-state index contributed by atoms with van der Waals surface area (Å²) in [4.78, 5) is 41.0. The number of H-pyrrole nitrogens is 1. The minimum atomic E-state index is -1.88. The molecule has 0 radical (unpaired) electrons. The van der Waals surface area contributed by atoms with Crippen LogP contribution in [-0.4, -0.2) is 57.2 Å². The monoisotopic (exact) mass is 467 g/mol. The first-order valence-electron chi connectivity index (χ1n) is 11.4. The van der Waals surface area contributed by atoms with Crippen LogP contribution in [0, 0.1) is 0 Å². The van der Waals surface area contributed by atoms with Crippen LogP contribution in [0.5, 0.6) is 0 Å². The number of amides is 2. The Kier molecular flexibility index (Phi) is 11.0. The third-order valence-electron chi connectivity index (χ3n) is 5.18. The number of carbonyl (C=O) groups is 2. The maximum Gasteiger partial charge on any atom is 0.255 e. The van der Waals surface area contributed by atoms with Crippen molar-refractivity contribution >= 4 is 11.8 Å². The van der Waals surface area contributed by atoms with Gasteiger partial charge in [-0.15, -0.1) is 0 Å². The third-order valence-corrected chi connectivity index (χ3v) is 5.18. The van der Waals surface area contributed by atoms with Crippen LogP contribution >= 0.6 is 0 Å². The Morgan fingerprint density at radius 3 is 2.47 bits per heavy atom. The van der Waals surface area contributed by atoms with Crippen LogP contribution in [0.1, 0.15) is 32.3 Å². The topological polar surface area (TPSA) is 123 Å². The molecule has 0 bridgehead atoms. The number of benzene rings is 1. The molecule has 1 heterocycles. The summed E-state index contributed by atoms with van der Waals surface area (Å²) in [7, 11) is 0. The summed E-state index contributed by atoms with van der Waals surface area (Å²) in [5, 5.41) is 23.1. The average Bonchev–Trinajstić information content (AvgIpc) is 2.85. The normalized spacial score (nSPS) is 13.2. The molecule has 2 unspecified atom stereocenters. The van der Waals surface area contributed by atoms with E-state index in [1.165, 1.54) is 4.90 Å². The summed E-state index contributed by atoms with van der Waals surface area (Å²) in [5.41, 5.74) is 1.80. The minimum Gasteiger partial charge on any atom is -0.380 e. The van der Waals surface area contributed by atoms with E-state index in [-0.39, 0.29) is 12.1 Å². The van der Waals surface area contributed by atoms with Crippen molar-refractivity contribution in [2.75, 3.05) is 13.1 Å². The lowest BCUT2D eigenvalue weighted by atomic mass is 10.1. The highest BCUT2D eigenvalue weighted by atomic mass is 16.3. The summed E-state index contributed by atoms with van der Waals surface area (Å²) in [6, 6.07) is 10.5. The van der Waals surface area contributed by atoms with Gasteiger partial charge in [0, 0.05) is 31.4 Å². The molecule has 0 spiro atoms. The van der Waals surface area contributed by atoms with Crippen molar-refractivity contribution in [3.8, 4) is 11.1 Å². The Morgan fingerprint density at radius 1 is 1.09 bits per heavy atom. The molecule has 182 valence electrons. The fourth-order valence-corrected chi connectivity index (χ4v) is 3.33. The van der Waals surface area contributed by atoms with Gasteiger partial charge in [-0.25, -0.2) is 0 Å². The summed E-state index contributed by atoms with van der Waals surface area (Å²) in [6.07, 6.45) is 6.66. The number of aromatic amines is 1. The van der Waals surface area contributed by atoms with Gasteiger partial charge in [0.15, 0.2) is 12.2 Å².